The third-order valence-corrected chi connectivity index (χ3v) is 3.88. The lowest BCUT2D eigenvalue weighted by molar-refractivity contribution is 1.24. The molecule has 0 amide bonds. The van der Waals surface area contributed by atoms with E-state index in [4.69, 9.17) is 0 Å². The first-order chi connectivity index (χ1) is 11.7. The molecule has 0 aliphatic rings. The van der Waals surface area contributed by atoms with E-state index in [1.54, 1.807) is 0 Å². The summed E-state index contributed by atoms with van der Waals surface area (Å²) in [4.78, 5) is 0. The van der Waals surface area contributed by atoms with Gasteiger partial charge in [-0.2, -0.15) is 5.10 Å². The van der Waals surface area contributed by atoms with Crippen molar-refractivity contribution in [3.63, 3.8) is 0 Å². The van der Waals surface area contributed by atoms with Crippen LogP contribution in [0, 0.1) is 13.8 Å². The molecule has 0 spiro atoms. The summed E-state index contributed by atoms with van der Waals surface area (Å²) in [6, 6.07) is 26.6. The molecule has 3 aromatic rings. The second-order valence-corrected chi connectivity index (χ2v) is 5.79. The molecule has 0 unspecified atom stereocenters. The lowest BCUT2D eigenvalue weighted by atomic mass is 10.0. The van der Waals surface area contributed by atoms with Crippen LogP contribution in [0.5, 0.6) is 0 Å². The third kappa shape index (κ3) is 3.85. The zero-order valence-electron chi connectivity index (χ0n) is 14.0. The van der Waals surface area contributed by atoms with Gasteiger partial charge < -0.3 is 0 Å². The van der Waals surface area contributed by atoms with Crippen LogP contribution in [0.3, 0.4) is 0 Å². The average molecular weight is 312 g/mol. The van der Waals surface area contributed by atoms with Crippen molar-refractivity contribution in [1.82, 2.24) is 0 Å². The van der Waals surface area contributed by atoms with Gasteiger partial charge in [0.2, 0.25) is 0 Å². The van der Waals surface area contributed by atoms with E-state index in [-0.39, 0.29) is 0 Å². The van der Waals surface area contributed by atoms with E-state index >= 15 is 0 Å². The predicted molar refractivity (Wildman–Crippen MR) is 102 cm³/mol. The topological polar surface area (TPSA) is 24.7 Å². The number of rotatable bonds is 4. The highest BCUT2D eigenvalue weighted by molar-refractivity contribution is 6.12. The first kappa shape index (κ1) is 15.9. The summed E-state index contributed by atoms with van der Waals surface area (Å²) in [5, 5.41) is 8.88. The van der Waals surface area contributed by atoms with Gasteiger partial charge in [0.1, 0.15) is 5.71 Å². The van der Waals surface area contributed by atoms with Gasteiger partial charge in [0, 0.05) is 11.1 Å². The highest BCUT2D eigenvalue weighted by atomic mass is 15.2. The van der Waals surface area contributed by atoms with Gasteiger partial charge in [0.05, 0.1) is 6.21 Å². The van der Waals surface area contributed by atoms with Gasteiger partial charge in [-0.15, -0.1) is 5.10 Å². The first-order valence-corrected chi connectivity index (χ1v) is 8.03. The molecule has 118 valence electrons. The van der Waals surface area contributed by atoms with Gasteiger partial charge >= 0.3 is 0 Å². The van der Waals surface area contributed by atoms with Gasteiger partial charge in [-0.1, -0.05) is 84.4 Å². The highest BCUT2D eigenvalue weighted by Crippen LogP contribution is 2.12. The molecule has 0 aromatic heterocycles. The Balaban J connectivity index is 1.98. The van der Waals surface area contributed by atoms with Crippen molar-refractivity contribution >= 4 is 11.9 Å². The Labute approximate surface area is 143 Å². The van der Waals surface area contributed by atoms with Crippen LogP contribution in [0.4, 0.5) is 0 Å². The quantitative estimate of drug-likeness (QED) is 0.469. The van der Waals surface area contributed by atoms with Crippen LogP contribution in [-0.4, -0.2) is 11.9 Å². The van der Waals surface area contributed by atoms with Crippen molar-refractivity contribution < 1.29 is 0 Å². The molecule has 0 radical (unpaired) electrons. The Morgan fingerprint density at radius 2 is 1.33 bits per heavy atom. The Bertz CT molecular complexity index is 821. The van der Waals surface area contributed by atoms with Gasteiger partial charge in [0.25, 0.3) is 0 Å². The molecule has 0 atom stereocenters. The molecule has 0 aliphatic heterocycles. The predicted octanol–water partition coefficient (Wildman–Crippen LogP) is 5.17. The molecule has 0 saturated heterocycles. The van der Waals surface area contributed by atoms with Crippen molar-refractivity contribution in [3.05, 3.63) is 107 Å². The Kier molecular flexibility index (Phi) is 4.97. The smallest absolute Gasteiger partial charge is 0.100 e. The van der Waals surface area contributed by atoms with E-state index in [0.717, 1.165) is 22.4 Å². The van der Waals surface area contributed by atoms with Gasteiger partial charge in [-0.05, 0) is 25.0 Å². The minimum absolute atomic E-state index is 0.873. The SMILES string of the molecule is Cc1ccc(C)c(/C=N\N=C(c2ccccc2)c2ccccc2)c1. The fourth-order valence-corrected chi connectivity index (χ4v) is 2.52. The molecule has 0 aliphatic carbocycles. The molecule has 2 nitrogen and oxygen atoms in total. The summed E-state index contributed by atoms with van der Waals surface area (Å²) in [7, 11) is 0. The van der Waals surface area contributed by atoms with Crippen LogP contribution in [0.15, 0.2) is 89.1 Å². The monoisotopic (exact) mass is 312 g/mol. The second kappa shape index (κ2) is 7.51. The van der Waals surface area contributed by atoms with E-state index in [1.807, 2.05) is 42.6 Å². The van der Waals surface area contributed by atoms with Gasteiger partial charge in [-0.25, -0.2) is 0 Å². The van der Waals surface area contributed by atoms with Crippen LogP contribution >= 0.6 is 0 Å². The van der Waals surface area contributed by atoms with Crippen LogP contribution in [-0.2, 0) is 0 Å². The summed E-state index contributed by atoms with van der Waals surface area (Å²) in [5.41, 5.74) is 6.50. The molecule has 24 heavy (non-hydrogen) atoms. The van der Waals surface area contributed by atoms with Crippen molar-refractivity contribution in [1.29, 1.82) is 0 Å². The van der Waals surface area contributed by atoms with E-state index in [0.29, 0.717) is 0 Å². The molecule has 0 N–H and O–H groups in total. The zero-order valence-corrected chi connectivity index (χ0v) is 14.0. The standard InChI is InChI=1S/C22H20N2/c1-17-13-14-18(2)21(15-17)16-23-24-22(19-9-5-3-6-10-19)20-11-7-4-8-12-20/h3-16H,1-2H3/b23-16-. The summed E-state index contributed by atoms with van der Waals surface area (Å²) >= 11 is 0. The minimum atomic E-state index is 0.873. The number of benzene rings is 3. The van der Waals surface area contributed by atoms with E-state index in [9.17, 15) is 0 Å². The van der Waals surface area contributed by atoms with Gasteiger partial charge in [0.15, 0.2) is 0 Å². The van der Waals surface area contributed by atoms with E-state index in [2.05, 4.69) is 66.5 Å². The maximum Gasteiger partial charge on any atom is 0.100 e. The Hall–Kier alpha value is -3.00. The van der Waals surface area contributed by atoms with E-state index < -0.39 is 0 Å². The minimum Gasteiger partial charge on any atom is -0.158 e. The van der Waals surface area contributed by atoms with Crippen molar-refractivity contribution in [2.45, 2.75) is 13.8 Å². The van der Waals surface area contributed by atoms with Crippen LogP contribution < -0.4 is 0 Å². The molecule has 2 heteroatoms. The van der Waals surface area contributed by atoms with Crippen LogP contribution in [0.25, 0.3) is 0 Å². The maximum absolute atomic E-state index is 4.52. The number of nitrogens with zero attached hydrogens (tertiary/aromatic N) is 2. The Morgan fingerprint density at radius 3 is 1.92 bits per heavy atom. The molecule has 0 saturated carbocycles. The van der Waals surface area contributed by atoms with Crippen LogP contribution in [0.1, 0.15) is 27.8 Å². The summed E-state index contributed by atoms with van der Waals surface area (Å²) in [6.45, 7) is 4.17. The maximum atomic E-state index is 4.52. The lowest BCUT2D eigenvalue weighted by Gasteiger charge is -2.05. The third-order valence-electron chi connectivity index (χ3n) is 3.88. The molecule has 0 bridgehead atoms. The molecule has 3 aromatic carbocycles. The Morgan fingerprint density at radius 1 is 0.750 bits per heavy atom. The van der Waals surface area contributed by atoms with Crippen molar-refractivity contribution in [3.8, 4) is 0 Å². The highest BCUT2D eigenvalue weighted by Gasteiger charge is 2.05. The summed E-state index contributed by atoms with van der Waals surface area (Å²) in [6.07, 6.45) is 1.83. The first-order valence-electron chi connectivity index (χ1n) is 8.03. The molecular weight excluding hydrogens is 292 g/mol. The van der Waals surface area contributed by atoms with E-state index in [1.165, 1.54) is 11.1 Å². The van der Waals surface area contributed by atoms with Crippen LogP contribution in [0.2, 0.25) is 0 Å². The number of aryl methyl sites for hydroxylation is 2. The summed E-state index contributed by atoms with van der Waals surface area (Å²) < 4.78 is 0. The fraction of sp³-hybridized carbons (Fsp3) is 0.0909. The molecule has 3 rings (SSSR count). The van der Waals surface area contributed by atoms with Gasteiger partial charge in [-0.3, -0.25) is 0 Å². The lowest BCUT2D eigenvalue weighted by Crippen LogP contribution is -2.02. The van der Waals surface area contributed by atoms with Crippen molar-refractivity contribution in [2.75, 3.05) is 0 Å². The normalized spacial score (nSPS) is 10.8. The largest absolute Gasteiger partial charge is 0.158 e. The zero-order chi connectivity index (χ0) is 16.8. The fourth-order valence-electron chi connectivity index (χ4n) is 2.52. The number of hydrogen-bond donors (Lipinski definition) is 0. The molecular formula is C22H20N2. The summed E-state index contributed by atoms with van der Waals surface area (Å²) in [5.74, 6) is 0. The molecule has 0 fully saturated rings. The average Bonchev–Trinajstić information content (AvgIpc) is 2.63. The van der Waals surface area contributed by atoms with Crippen molar-refractivity contribution in [2.24, 2.45) is 10.2 Å². The molecule has 0 heterocycles. The second-order valence-electron chi connectivity index (χ2n) is 5.79. The number of hydrogen-bond acceptors (Lipinski definition) is 2.